The van der Waals surface area contributed by atoms with Crippen molar-refractivity contribution in [2.24, 2.45) is 11.7 Å². The number of rotatable bonds is 5. The van der Waals surface area contributed by atoms with Crippen LogP contribution in [0.2, 0.25) is 0 Å². The van der Waals surface area contributed by atoms with Crippen molar-refractivity contribution in [2.45, 2.75) is 45.1 Å². The number of carboxylic acids is 1. The van der Waals surface area contributed by atoms with Gasteiger partial charge in [0.1, 0.15) is 6.04 Å². The lowest BCUT2D eigenvalue weighted by Crippen LogP contribution is -2.50. The lowest BCUT2D eigenvalue weighted by atomic mass is 9.98. The predicted molar refractivity (Wildman–Crippen MR) is 64.6 cm³/mol. The Morgan fingerprint density at radius 1 is 1.33 bits per heavy atom. The first-order chi connectivity index (χ1) is 8.41. The number of primary amides is 1. The molecule has 0 aromatic carbocycles. The van der Waals surface area contributed by atoms with Gasteiger partial charge in [0.15, 0.2) is 0 Å². The second kappa shape index (κ2) is 6.37. The molecule has 1 rings (SSSR count). The molecule has 1 aliphatic rings. The van der Waals surface area contributed by atoms with Crippen LogP contribution in [0.15, 0.2) is 0 Å². The van der Waals surface area contributed by atoms with Crippen LogP contribution in [-0.2, 0) is 14.4 Å². The third kappa shape index (κ3) is 4.01. The molecule has 0 aromatic rings. The summed E-state index contributed by atoms with van der Waals surface area (Å²) in [6.45, 7) is 2.25. The maximum Gasteiger partial charge on any atom is 0.303 e. The standard InChI is InChI=1S/C12H20N2O4/c1-8(7-11(16)17)6-10(15)14-5-3-2-4-9(14)12(13)18/h8-9H,2-7H2,1H3,(H2,13,18)(H,16,17). The largest absolute Gasteiger partial charge is 0.481 e. The molecule has 102 valence electrons. The van der Waals surface area contributed by atoms with Gasteiger partial charge in [0, 0.05) is 19.4 Å². The van der Waals surface area contributed by atoms with E-state index in [1.807, 2.05) is 0 Å². The molecule has 1 heterocycles. The molecule has 2 amide bonds. The Labute approximate surface area is 106 Å². The Balaban J connectivity index is 2.58. The van der Waals surface area contributed by atoms with E-state index in [0.717, 1.165) is 12.8 Å². The number of hydrogen-bond donors (Lipinski definition) is 2. The minimum Gasteiger partial charge on any atom is -0.481 e. The summed E-state index contributed by atoms with van der Waals surface area (Å²) in [4.78, 5) is 35.3. The first-order valence-electron chi connectivity index (χ1n) is 6.22. The first kappa shape index (κ1) is 14.5. The minimum atomic E-state index is -0.916. The summed E-state index contributed by atoms with van der Waals surface area (Å²) >= 11 is 0. The summed E-state index contributed by atoms with van der Waals surface area (Å²) in [5, 5.41) is 8.65. The zero-order chi connectivity index (χ0) is 13.7. The summed E-state index contributed by atoms with van der Waals surface area (Å²) in [6, 6.07) is -0.525. The van der Waals surface area contributed by atoms with Crippen molar-refractivity contribution in [3.63, 3.8) is 0 Å². The summed E-state index contributed by atoms with van der Waals surface area (Å²) in [5.41, 5.74) is 5.28. The number of carbonyl (C=O) groups excluding carboxylic acids is 2. The van der Waals surface area contributed by atoms with Gasteiger partial charge in [-0.3, -0.25) is 14.4 Å². The number of hydrogen-bond acceptors (Lipinski definition) is 3. The van der Waals surface area contributed by atoms with Gasteiger partial charge in [-0.15, -0.1) is 0 Å². The number of amides is 2. The molecule has 0 saturated carbocycles. The Hall–Kier alpha value is -1.59. The van der Waals surface area contributed by atoms with Gasteiger partial charge in [-0.05, 0) is 25.2 Å². The van der Waals surface area contributed by atoms with Crippen LogP contribution in [0.1, 0.15) is 39.0 Å². The monoisotopic (exact) mass is 256 g/mol. The van der Waals surface area contributed by atoms with Gasteiger partial charge in [0.2, 0.25) is 11.8 Å². The van der Waals surface area contributed by atoms with Crippen LogP contribution >= 0.6 is 0 Å². The van der Waals surface area contributed by atoms with E-state index in [-0.39, 0.29) is 24.7 Å². The molecule has 18 heavy (non-hydrogen) atoms. The summed E-state index contributed by atoms with van der Waals surface area (Å²) in [6.07, 6.45) is 2.47. The number of nitrogens with two attached hydrogens (primary N) is 1. The van der Waals surface area contributed by atoms with E-state index in [0.29, 0.717) is 13.0 Å². The number of carboxylic acid groups (broad SMARTS) is 1. The number of carbonyl (C=O) groups is 3. The average molecular weight is 256 g/mol. The van der Waals surface area contributed by atoms with Crippen molar-refractivity contribution in [1.82, 2.24) is 4.90 Å². The Kier molecular flexibility index (Phi) is 5.12. The van der Waals surface area contributed by atoms with E-state index in [2.05, 4.69) is 0 Å². The molecule has 0 radical (unpaired) electrons. The number of piperidine rings is 1. The van der Waals surface area contributed by atoms with E-state index in [4.69, 9.17) is 10.8 Å². The molecule has 1 aliphatic heterocycles. The Bertz CT molecular complexity index is 343. The van der Waals surface area contributed by atoms with Crippen LogP contribution in [0, 0.1) is 5.92 Å². The predicted octanol–water partition coefficient (Wildman–Crippen LogP) is 0.354. The average Bonchev–Trinajstić information content (AvgIpc) is 2.27. The molecule has 0 aromatic heterocycles. The van der Waals surface area contributed by atoms with Gasteiger partial charge in [-0.1, -0.05) is 6.92 Å². The minimum absolute atomic E-state index is 0.0409. The second-order valence-corrected chi connectivity index (χ2v) is 4.91. The number of nitrogens with zero attached hydrogens (tertiary/aromatic N) is 1. The second-order valence-electron chi connectivity index (χ2n) is 4.91. The fraction of sp³-hybridized carbons (Fsp3) is 0.750. The van der Waals surface area contributed by atoms with Crippen molar-refractivity contribution >= 4 is 17.8 Å². The van der Waals surface area contributed by atoms with Gasteiger partial charge < -0.3 is 15.7 Å². The smallest absolute Gasteiger partial charge is 0.303 e. The van der Waals surface area contributed by atoms with Gasteiger partial charge >= 0.3 is 5.97 Å². The lowest BCUT2D eigenvalue weighted by Gasteiger charge is -2.34. The molecular formula is C12H20N2O4. The molecule has 6 heteroatoms. The zero-order valence-corrected chi connectivity index (χ0v) is 10.6. The maximum absolute atomic E-state index is 12.0. The molecule has 2 unspecified atom stereocenters. The molecule has 0 aliphatic carbocycles. The third-order valence-corrected chi connectivity index (χ3v) is 3.20. The molecule has 2 atom stereocenters. The SMILES string of the molecule is CC(CC(=O)O)CC(=O)N1CCCCC1C(N)=O. The topological polar surface area (TPSA) is 101 Å². The van der Waals surface area contributed by atoms with Gasteiger partial charge in [-0.2, -0.15) is 0 Å². The van der Waals surface area contributed by atoms with Crippen molar-refractivity contribution < 1.29 is 19.5 Å². The summed E-state index contributed by atoms with van der Waals surface area (Å²) in [7, 11) is 0. The number of aliphatic carboxylic acids is 1. The van der Waals surface area contributed by atoms with Crippen molar-refractivity contribution in [3.05, 3.63) is 0 Å². The highest BCUT2D eigenvalue weighted by molar-refractivity contribution is 5.87. The van der Waals surface area contributed by atoms with Gasteiger partial charge in [0.05, 0.1) is 0 Å². The van der Waals surface area contributed by atoms with Gasteiger partial charge in [0.25, 0.3) is 0 Å². The molecule has 0 bridgehead atoms. The molecule has 1 saturated heterocycles. The van der Waals surface area contributed by atoms with E-state index in [1.54, 1.807) is 6.92 Å². The molecular weight excluding hydrogens is 236 g/mol. The van der Waals surface area contributed by atoms with Gasteiger partial charge in [-0.25, -0.2) is 0 Å². The van der Waals surface area contributed by atoms with E-state index >= 15 is 0 Å². The first-order valence-corrected chi connectivity index (χ1v) is 6.22. The summed E-state index contributed by atoms with van der Waals surface area (Å²) in [5.74, 6) is -1.80. The van der Waals surface area contributed by atoms with Crippen LogP contribution in [0.4, 0.5) is 0 Å². The van der Waals surface area contributed by atoms with Crippen LogP contribution < -0.4 is 5.73 Å². The molecule has 1 fully saturated rings. The molecule has 6 nitrogen and oxygen atoms in total. The highest BCUT2D eigenvalue weighted by Gasteiger charge is 2.31. The van der Waals surface area contributed by atoms with Crippen LogP contribution in [0.3, 0.4) is 0 Å². The van der Waals surface area contributed by atoms with Crippen molar-refractivity contribution in [2.75, 3.05) is 6.54 Å². The van der Waals surface area contributed by atoms with Crippen LogP contribution in [0.5, 0.6) is 0 Å². The summed E-state index contributed by atoms with van der Waals surface area (Å²) < 4.78 is 0. The molecule has 3 N–H and O–H groups in total. The third-order valence-electron chi connectivity index (χ3n) is 3.20. The highest BCUT2D eigenvalue weighted by Crippen LogP contribution is 2.20. The van der Waals surface area contributed by atoms with Crippen LogP contribution in [-0.4, -0.2) is 40.4 Å². The molecule has 0 spiro atoms. The van der Waals surface area contributed by atoms with E-state index in [9.17, 15) is 14.4 Å². The van der Waals surface area contributed by atoms with Crippen molar-refractivity contribution in [1.29, 1.82) is 0 Å². The van der Waals surface area contributed by atoms with E-state index < -0.39 is 17.9 Å². The zero-order valence-electron chi connectivity index (χ0n) is 10.6. The fourth-order valence-electron chi connectivity index (χ4n) is 2.31. The van der Waals surface area contributed by atoms with Crippen molar-refractivity contribution in [3.8, 4) is 0 Å². The maximum atomic E-state index is 12.0. The van der Waals surface area contributed by atoms with E-state index in [1.165, 1.54) is 4.90 Å². The Morgan fingerprint density at radius 2 is 2.00 bits per heavy atom. The lowest BCUT2D eigenvalue weighted by molar-refractivity contribution is -0.143. The number of likely N-dealkylation sites (tertiary alicyclic amines) is 1. The normalized spacial score (nSPS) is 21.4. The van der Waals surface area contributed by atoms with Crippen LogP contribution in [0.25, 0.3) is 0 Å². The highest BCUT2D eigenvalue weighted by atomic mass is 16.4. The quantitative estimate of drug-likeness (QED) is 0.741. The fourth-order valence-corrected chi connectivity index (χ4v) is 2.31. The Morgan fingerprint density at radius 3 is 2.56 bits per heavy atom.